The minimum Gasteiger partial charge on any atom is -0.497 e. The number of carbonyl (C=O) groups is 1. The van der Waals surface area contributed by atoms with Gasteiger partial charge in [0.2, 0.25) is 0 Å². The first-order valence-electron chi connectivity index (χ1n) is 14.1. The highest BCUT2D eigenvalue weighted by Crippen LogP contribution is 2.75. The minimum absolute atomic E-state index is 0.0867. The van der Waals surface area contributed by atoms with Crippen LogP contribution in [0.1, 0.15) is 46.0 Å². The van der Waals surface area contributed by atoms with E-state index in [2.05, 4.69) is 31.2 Å². The number of benzene rings is 2. The lowest BCUT2D eigenvalue weighted by atomic mass is 9.46. The largest absolute Gasteiger partial charge is 0.497 e. The van der Waals surface area contributed by atoms with Crippen molar-refractivity contribution < 1.29 is 23.8 Å². The van der Waals surface area contributed by atoms with Gasteiger partial charge in [-0.2, -0.15) is 0 Å². The topological polar surface area (TPSA) is 55.8 Å². The van der Waals surface area contributed by atoms with Crippen LogP contribution < -0.4 is 9.47 Å². The number of allylic oxidation sites excluding steroid dienone is 4. The third kappa shape index (κ3) is 4.02. The van der Waals surface area contributed by atoms with E-state index in [4.69, 9.17) is 9.47 Å². The quantitative estimate of drug-likeness (QED) is 0.354. The summed E-state index contributed by atoms with van der Waals surface area (Å²) in [5, 5.41) is 11.9. The van der Waals surface area contributed by atoms with E-state index >= 15 is 4.39 Å². The molecule has 0 amide bonds. The summed E-state index contributed by atoms with van der Waals surface area (Å²) in [6.45, 7) is 4.18. The Hall–Kier alpha value is -2.22. The van der Waals surface area contributed by atoms with Crippen molar-refractivity contribution in [1.29, 1.82) is 0 Å². The lowest BCUT2D eigenvalue weighted by molar-refractivity contribution is -0.189. The Morgan fingerprint density at radius 3 is 2.02 bits per heavy atom. The number of hydrogen-bond acceptors (Lipinski definition) is 6. The SMILES string of the molecule is COc1ccc(SC2(Sc3ccc(OC)cc3)CC[C@H]3[C@@H]4CCC5=CC(=O)C=C[C@]5(C)C4(F)[C@@H](O)C[C@@]32C)cc1. The molecule has 0 heterocycles. The number of carbonyl (C=O) groups excluding carboxylic acids is 1. The van der Waals surface area contributed by atoms with Crippen LogP contribution in [0.2, 0.25) is 0 Å². The van der Waals surface area contributed by atoms with E-state index in [1.165, 1.54) is 6.08 Å². The Morgan fingerprint density at radius 2 is 1.48 bits per heavy atom. The van der Waals surface area contributed by atoms with Crippen LogP contribution in [0.25, 0.3) is 0 Å². The van der Waals surface area contributed by atoms with Gasteiger partial charge in [-0.15, -0.1) is 23.5 Å². The monoisotopic (exact) mass is 580 g/mol. The molecule has 0 aromatic heterocycles. The van der Waals surface area contributed by atoms with Gasteiger partial charge in [0.05, 0.1) is 24.4 Å². The predicted molar refractivity (Wildman–Crippen MR) is 159 cm³/mol. The zero-order valence-electron chi connectivity index (χ0n) is 23.5. The molecule has 4 aliphatic carbocycles. The average molecular weight is 581 g/mol. The van der Waals surface area contributed by atoms with E-state index in [0.717, 1.165) is 39.7 Å². The van der Waals surface area contributed by atoms with Crippen LogP contribution in [-0.2, 0) is 4.79 Å². The maximum Gasteiger partial charge on any atom is 0.178 e. The molecule has 2 aromatic rings. The van der Waals surface area contributed by atoms with E-state index in [9.17, 15) is 9.90 Å². The minimum atomic E-state index is -1.82. The maximum atomic E-state index is 17.6. The number of ketones is 1. The molecule has 0 aliphatic heterocycles. The molecule has 0 radical (unpaired) electrons. The maximum absolute atomic E-state index is 17.6. The first-order chi connectivity index (χ1) is 19.1. The van der Waals surface area contributed by atoms with Crippen LogP contribution in [0, 0.1) is 22.7 Å². The van der Waals surface area contributed by atoms with Gasteiger partial charge in [0.1, 0.15) is 11.5 Å². The van der Waals surface area contributed by atoms with E-state index in [1.807, 2.05) is 54.7 Å². The molecule has 40 heavy (non-hydrogen) atoms. The van der Waals surface area contributed by atoms with E-state index in [-0.39, 0.29) is 27.1 Å². The summed E-state index contributed by atoms with van der Waals surface area (Å²) in [5.74, 6) is 1.34. The van der Waals surface area contributed by atoms with Gasteiger partial charge in [0.25, 0.3) is 0 Å². The number of ether oxygens (including phenoxy) is 2. The molecule has 6 rings (SSSR count). The number of aliphatic hydroxyl groups is 1. The van der Waals surface area contributed by atoms with Crippen molar-refractivity contribution in [1.82, 2.24) is 0 Å². The Kier molecular flexibility index (Phi) is 6.95. The Labute approximate surface area is 244 Å². The fourth-order valence-electron chi connectivity index (χ4n) is 8.18. The van der Waals surface area contributed by atoms with Crippen LogP contribution in [0.4, 0.5) is 4.39 Å². The summed E-state index contributed by atoms with van der Waals surface area (Å²) in [5.41, 5.74) is -2.30. The van der Waals surface area contributed by atoms with Gasteiger partial charge in [0.15, 0.2) is 11.5 Å². The second kappa shape index (κ2) is 9.95. The lowest BCUT2D eigenvalue weighted by Gasteiger charge is -2.63. The van der Waals surface area contributed by atoms with Crippen molar-refractivity contribution in [3.63, 3.8) is 0 Å². The normalized spacial score (nSPS) is 35.8. The molecule has 7 heteroatoms. The fourth-order valence-corrected chi connectivity index (χ4v) is 11.6. The van der Waals surface area contributed by atoms with Crippen molar-refractivity contribution in [2.75, 3.05) is 14.2 Å². The molecule has 0 bridgehead atoms. The highest BCUT2D eigenvalue weighted by atomic mass is 32.2. The molecule has 3 fully saturated rings. The first-order valence-corrected chi connectivity index (χ1v) is 15.7. The number of thioether (sulfide) groups is 2. The summed E-state index contributed by atoms with van der Waals surface area (Å²) < 4.78 is 28.1. The zero-order chi connectivity index (χ0) is 28.3. The number of fused-ring (bicyclic) bond motifs is 5. The molecule has 0 spiro atoms. The molecule has 0 saturated heterocycles. The summed E-state index contributed by atoms with van der Waals surface area (Å²) in [6.07, 6.45) is 7.18. The Morgan fingerprint density at radius 1 is 0.900 bits per heavy atom. The third-order valence-electron chi connectivity index (χ3n) is 10.4. The van der Waals surface area contributed by atoms with Crippen molar-refractivity contribution in [3.05, 3.63) is 72.3 Å². The van der Waals surface area contributed by atoms with Gasteiger partial charge in [-0.05, 0) is 111 Å². The van der Waals surface area contributed by atoms with Gasteiger partial charge >= 0.3 is 0 Å². The van der Waals surface area contributed by atoms with Crippen molar-refractivity contribution in [3.8, 4) is 11.5 Å². The predicted octanol–water partition coefficient (Wildman–Crippen LogP) is 7.66. The number of hydrogen-bond donors (Lipinski definition) is 1. The standard InChI is InChI=1S/C33H37FO4S2/c1-30-17-15-22(35)19-21(30)5-14-28-27-16-18-32(31(27,2)20-29(36)33(28,30)34,39-25-10-6-23(37-3)7-11-25)40-26-12-8-24(38-4)9-13-26/h6-13,15,17,19,27-29,36H,5,14,16,18,20H2,1-4H3/t27-,28-,29-,30-,31-,33?/m0/s1. The van der Waals surface area contributed by atoms with Crippen LogP contribution >= 0.6 is 23.5 Å². The number of methoxy groups -OCH3 is 2. The van der Waals surface area contributed by atoms with E-state index in [0.29, 0.717) is 19.3 Å². The van der Waals surface area contributed by atoms with Gasteiger partial charge in [-0.3, -0.25) is 4.79 Å². The molecule has 2 aromatic carbocycles. The van der Waals surface area contributed by atoms with Crippen LogP contribution in [0.3, 0.4) is 0 Å². The van der Waals surface area contributed by atoms with Crippen molar-refractivity contribution in [2.24, 2.45) is 22.7 Å². The molecule has 6 atom stereocenters. The van der Waals surface area contributed by atoms with Gasteiger partial charge in [-0.1, -0.05) is 18.6 Å². The molecule has 4 aliphatic rings. The molecule has 1 N–H and O–H groups in total. The second-order valence-electron chi connectivity index (χ2n) is 12.1. The lowest BCUT2D eigenvalue weighted by Crippen LogP contribution is -2.67. The number of aliphatic hydroxyl groups excluding tert-OH is 1. The molecule has 4 nitrogen and oxygen atoms in total. The summed E-state index contributed by atoms with van der Waals surface area (Å²) >= 11 is 3.68. The number of rotatable bonds is 6. The number of alkyl halides is 1. The second-order valence-corrected chi connectivity index (χ2v) is 15.1. The van der Waals surface area contributed by atoms with Crippen molar-refractivity contribution in [2.45, 2.75) is 71.6 Å². The molecule has 1 unspecified atom stereocenters. The van der Waals surface area contributed by atoms with Gasteiger partial charge in [0, 0.05) is 21.1 Å². The van der Waals surface area contributed by atoms with Crippen LogP contribution in [0.15, 0.2) is 82.1 Å². The third-order valence-corrected chi connectivity index (χ3v) is 13.9. The number of halogens is 1. The van der Waals surface area contributed by atoms with E-state index in [1.54, 1.807) is 26.4 Å². The van der Waals surface area contributed by atoms with Gasteiger partial charge < -0.3 is 14.6 Å². The van der Waals surface area contributed by atoms with E-state index < -0.39 is 17.2 Å². The molecular weight excluding hydrogens is 543 g/mol. The summed E-state index contributed by atoms with van der Waals surface area (Å²) in [6, 6.07) is 16.3. The Bertz CT molecular complexity index is 1310. The van der Waals surface area contributed by atoms with Crippen LogP contribution in [0.5, 0.6) is 11.5 Å². The Balaban J connectivity index is 1.41. The average Bonchev–Trinajstić information content (AvgIpc) is 3.21. The summed E-state index contributed by atoms with van der Waals surface area (Å²) in [7, 11) is 3.34. The van der Waals surface area contributed by atoms with Crippen molar-refractivity contribution >= 4 is 29.3 Å². The zero-order valence-corrected chi connectivity index (χ0v) is 25.1. The fraction of sp³-hybridized carbons (Fsp3) is 0.485. The highest BCUT2D eigenvalue weighted by molar-refractivity contribution is 8.18. The smallest absolute Gasteiger partial charge is 0.178 e. The molecule has 212 valence electrons. The first kappa shape index (κ1) is 27.9. The molecular formula is C33H37FO4S2. The highest BCUT2D eigenvalue weighted by Gasteiger charge is 2.73. The van der Waals surface area contributed by atoms with Gasteiger partial charge in [-0.25, -0.2) is 4.39 Å². The molecule has 3 saturated carbocycles. The summed E-state index contributed by atoms with van der Waals surface area (Å²) in [4.78, 5) is 14.4. The van der Waals surface area contributed by atoms with Crippen LogP contribution in [-0.4, -0.2) is 41.0 Å².